The first-order valence-electron chi connectivity index (χ1n) is 12.9. The van der Waals surface area contributed by atoms with Crippen LogP contribution in [0.2, 0.25) is 0 Å². The molecule has 3 atom stereocenters. The normalized spacial score (nSPS) is 22.3. The molecule has 2 fully saturated rings. The van der Waals surface area contributed by atoms with Gasteiger partial charge in [-0.25, -0.2) is 4.79 Å². The van der Waals surface area contributed by atoms with Crippen molar-refractivity contribution >= 4 is 12.1 Å². The summed E-state index contributed by atoms with van der Waals surface area (Å²) in [5.74, 6) is 1.02. The van der Waals surface area contributed by atoms with Gasteiger partial charge >= 0.3 is 12.1 Å². The summed E-state index contributed by atoms with van der Waals surface area (Å²) in [7, 11) is 0. The monoisotopic (exact) mass is 458 g/mol. The molecule has 1 saturated heterocycles. The molecule has 1 N–H and O–H groups in total. The van der Waals surface area contributed by atoms with Crippen LogP contribution in [0.1, 0.15) is 76.7 Å². The van der Waals surface area contributed by atoms with Gasteiger partial charge in [-0.15, -0.1) is 0 Å². The van der Waals surface area contributed by atoms with Crippen LogP contribution >= 0.6 is 0 Å². The van der Waals surface area contributed by atoms with Crippen molar-refractivity contribution in [3.63, 3.8) is 0 Å². The number of amides is 1. The van der Waals surface area contributed by atoms with Gasteiger partial charge in [0.1, 0.15) is 12.7 Å². The van der Waals surface area contributed by atoms with Gasteiger partial charge in [-0.3, -0.25) is 4.79 Å². The van der Waals surface area contributed by atoms with E-state index >= 15 is 0 Å². The molecule has 1 heterocycles. The number of hydrogen-bond donors (Lipinski definition) is 1. The van der Waals surface area contributed by atoms with Gasteiger partial charge in [0.25, 0.3) is 0 Å². The van der Waals surface area contributed by atoms with Gasteiger partial charge < -0.3 is 19.7 Å². The number of benzene rings is 1. The van der Waals surface area contributed by atoms with E-state index in [9.17, 15) is 9.59 Å². The van der Waals surface area contributed by atoms with E-state index in [0.29, 0.717) is 24.8 Å². The molecule has 2 aliphatic rings. The van der Waals surface area contributed by atoms with Gasteiger partial charge in [0.15, 0.2) is 0 Å². The first-order valence-corrected chi connectivity index (χ1v) is 12.9. The van der Waals surface area contributed by atoms with Crippen LogP contribution in [0.15, 0.2) is 30.3 Å². The predicted molar refractivity (Wildman–Crippen MR) is 130 cm³/mol. The van der Waals surface area contributed by atoms with Crippen LogP contribution in [0, 0.1) is 11.8 Å². The number of ether oxygens (including phenoxy) is 2. The van der Waals surface area contributed by atoms with E-state index in [0.717, 1.165) is 31.6 Å². The molecule has 3 rings (SSSR count). The second-order valence-electron chi connectivity index (χ2n) is 9.91. The minimum absolute atomic E-state index is 0.240. The number of likely N-dealkylation sites (tertiary alicyclic amines) is 1. The number of carbonyl (C=O) groups is 2. The molecule has 6 heteroatoms. The molecule has 0 bridgehead atoms. The highest BCUT2D eigenvalue weighted by Gasteiger charge is 2.24. The third-order valence-corrected chi connectivity index (χ3v) is 6.97. The van der Waals surface area contributed by atoms with Gasteiger partial charge in [-0.05, 0) is 62.6 Å². The number of rotatable bonds is 11. The van der Waals surface area contributed by atoms with Crippen LogP contribution in [0.4, 0.5) is 4.79 Å². The molecule has 6 nitrogen and oxygen atoms in total. The zero-order valence-corrected chi connectivity index (χ0v) is 20.3. The topological polar surface area (TPSA) is 67.9 Å². The average Bonchev–Trinajstić information content (AvgIpc) is 3.24. The largest absolute Gasteiger partial charge is 0.461 e. The Bertz CT molecular complexity index is 705. The fourth-order valence-electron chi connectivity index (χ4n) is 5.15. The van der Waals surface area contributed by atoms with Gasteiger partial charge in [-0.2, -0.15) is 0 Å². The van der Waals surface area contributed by atoms with Gasteiger partial charge in [0.2, 0.25) is 0 Å². The molecule has 1 aromatic carbocycles. The second kappa shape index (κ2) is 14.2. The van der Waals surface area contributed by atoms with Gasteiger partial charge in [0, 0.05) is 19.5 Å². The van der Waals surface area contributed by atoms with Crippen molar-refractivity contribution in [3.05, 3.63) is 35.9 Å². The van der Waals surface area contributed by atoms with E-state index in [1.54, 1.807) is 0 Å². The summed E-state index contributed by atoms with van der Waals surface area (Å²) in [5.41, 5.74) is 0.975. The Hall–Kier alpha value is -2.08. The third kappa shape index (κ3) is 10.2. The highest BCUT2D eigenvalue weighted by molar-refractivity contribution is 5.70. The number of carbonyl (C=O) groups excluding carboxylic acids is 2. The fraction of sp³-hybridized carbons (Fsp3) is 0.704. The Balaban J connectivity index is 1.45. The molecular formula is C27H42N2O4. The van der Waals surface area contributed by atoms with Gasteiger partial charge in [-0.1, -0.05) is 62.9 Å². The minimum Gasteiger partial charge on any atom is -0.461 e. The van der Waals surface area contributed by atoms with Crippen LogP contribution < -0.4 is 5.32 Å². The summed E-state index contributed by atoms with van der Waals surface area (Å²) in [6, 6.07) is 9.70. The van der Waals surface area contributed by atoms with E-state index in [1.165, 1.54) is 44.9 Å². The quantitative estimate of drug-likeness (QED) is 0.360. The van der Waals surface area contributed by atoms with Crippen LogP contribution in [-0.4, -0.2) is 49.2 Å². The zero-order chi connectivity index (χ0) is 23.3. The first-order chi connectivity index (χ1) is 16.1. The van der Waals surface area contributed by atoms with Crippen molar-refractivity contribution in [1.29, 1.82) is 0 Å². The number of nitrogens with zero attached hydrogens (tertiary/aromatic N) is 1. The molecule has 1 aromatic rings. The van der Waals surface area contributed by atoms with E-state index in [4.69, 9.17) is 9.47 Å². The zero-order valence-electron chi connectivity index (χ0n) is 20.3. The first kappa shape index (κ1) is 25.5. The molecule has 1 aliphatic heterocycles. The van der Waals surface area contributed by atoms with E-state index in [2.05, 4.69) is 17.1 Å². The maximum atomic E-state index is 12.5. The Morgan fingerprint density at radius 1 is 1.09 bits per heavy atom. The summed E-state index contributed by atoms with van der Waals surface area (Å²) in [5, 5.41) is 2.91. The van der Waals surface area contributed by atoms with Crippen molar-refractivity contribution in [3.8, 4) is 0 Å². The lowest BCUT2D eigenvalue weighted by molar-refractivity contribution is -0.145. The molecule has 1 saturated carbocycles. The number of hydrogen-bond acceptors (Lipinski definition) is 5. The highest BCUT2D eigenvalue weighted by atomic mass is 16.6. The average molecular weight is 459 g/mol. The summed E-state index contributed by atoms with van der Waals surface area (Å²) in [6.45, 7) is 6.30. The highest BCUT2D eigenvalue weighted by Crippen LogP contribution is 2.31. The van der Waals surface area contributed by atoms with Crippen molar-refractivity contribution in [2.24, 2.45) is 11.8 Å². The Morgan fingerprint density at radius 3 is 2.64 bits per heavy atom. The number of nitrogens with one attached hydrogen (secondary N) is 1. The lowest BCUT2D eigenvalue weighted by Crippen LogP contribution is -2.36. The molecule has 33 heavy (non-hydrogen) atoms. The molecule has 0 spiro atoms. The summed E-state index contributed by atoms with van der Waals surface area (Å²) >= 11 is 0. The molecule has 0 aromatic heterocycles. The summed E-state index contributed by atoms with van der Waals surface area (Å²) < 4.78 is 11.3. The van der Waals surface area contributed by atoms with Crippen LogP contribution in [-0.2, 0) is 20.9 Å². The number of esters is 1. The van der Waals surface area contributed by atoms with Crippen LogP contribution in [0.25, 0.3) is 0 Å². The smallest absolute Gasteiger partial charge is 0.407 e. The lowest BCUT2D eigenvalue weighted by atomic mass is 9.89. The predicted octanol–water partition coefficient (Wildman–Crippen LogP) is 5.31. The maximum absolute atomic E-state index is 12.5. The standard InChI is InChI=1S/C27H42N2O4/c1-22-9-5-6-12-24(19-22)20-25(33-27(31)28-15-18-29-16-7-8-17-29)13-14-26(30)32-21-23-10-3-2-4-11-23/h2-4,10-11,22,24-25H,5-9,12-21H2,1H3,(H,28,31). The van der Waals surface area contributed by atoms with Gasteiger partial charge in [0.05, 0.1) is 0 Å². The van der Waals surface area contributed by atoms with Crippen molar-refractivity contribution < 1.29 is 19.1 Å². The Labute approximate surface area is 199 Å². The molecule has 1 amide bonds. The second-order valence-corrected chi connectivity index (χ2v) is 9.91. The lowest BCUT2D eigenvalue weighted by Gasteiger charge is -2.24. The fourth-order valence-corrected chi connectivity index (χ4v) is 5.15. The van der Waals surface area contributed by atoms with E-state index in [1.807, 2.05) is 30.3 Å². The SMILES string of the molecule is CC1CCCCC(CC(CCC(=O)OCc2ccccc2)OC(=O)NCCN2CCCC2)C1. The Morgan fingerprint density at radius 2 is 1.85 bits per heavy atom. The van der Waals surface area contributed by atoms with E-state index in [-0.39, 0.29) is 31.2 Å². The van der Waals surface area contributed by atoms with Crippen molar-refractivity contribution in [2.75, 3.05) is 26.2 Å². The molecular weight excluding hydrogens is 416 g/mol. The van der Waals surface area contributed by atoms with Crippen LogP contribution in [0.3, 0.4) is 0 Å². The third-order valence-electron chi connectivity index (χ3n) is 6.97. The Kier molecular flexibility index (Phi) is 11.0. The summed E-state index contributed by atoms with van der Waals surface area (Å²) in [4.78, 5) is 27.2. The number of alkyl carbamates (subject to hydrolysis) is 1. The van der Waals surface area contributed by atoms with E-state index < -0.39 is 0 Å². The molecule has 3 unspecified atom stereocenters. The minimum atomic E-state index is -0.362. The van der Waals surface area contributed by atoms with Crippen molar-refractivity contribution in [2.45, 2.75) is 83.8 Å². The maximum Gasteiger partial charge on any atom is 0.407 e. The molecule has 1 aliphatic carbocycles. The molecule has 184 valence electrons. The van der Waals surface area contributed by atoms with Crippen molar-refractivity contribution in [1.82, 2.24) is 10.2 Å². The molecule has 0 radical (unpaired) electrons. The van der Waals surface area contributed by atoms with Crippen LogP contribution in [0.5, 0.6) is 0 Å². The summed E-state index contributed by atoms with van der Waals surface area (Å²) in [6.07, 6.45) is 9.64.